The standard InChI is InChI=1S/C14H22O6/c1-3-17-11-5-6-12(19-9-7-15)13(18-4-2)14(11)20-10-8-16/h5-6,15-16H,3-4,7-10H2,1-2H3. The quantitative estimate of drug-likeness (QED) is 0.673. The summed E-state index contributed by atoms with van der Waals surface area (Å²) in [6.07, 6.45) is 0. The van der Waals surface area contributed by atoms with Gasteiger partial charge in [0.05, 0.1) is 26.4 Å². The average Bonchev–Trinajstić information content (AvgIpc) is 2.46. The van der Waals surface area contributed by atoms with Gasteiger partial charge in [-0.15, -0.1) is 0 Å². The van der Waals surface area contributed by atoms with Crippen molar-refractivity contribution in [3.63, 3.8) is 0 Å². The Morgan fingerprint density at radius 3 is 1.80 bits per heavy atom. The summed E-state index contributed by atoms with van der Waals surface area (Å²) in [6, 6.07) is 3.42. The lowest BCUT2D eigenvalue weighted by Gasteiger charge is -2.18. The van der Waals surface area contributed by atoms with E-state index in [1.54, 1.807) is 12.1 Å². The molecule has 0 aliphatic carbocycles. The van der Waals surface area contributed by atoms with Crippen molar-refractivity contribution < 1.29 is 29.2 Å². The maximum atomic E-state index is 8.91. The first-order chi connectivity index (χ1) is 9.78. The Balaban J connectivity index is 3.12. The van der Waals surface area contributed by atoms with Crippen LogP contribution < -0.4 is 18.9 Å². The molecule has 20 heavy (non-hydrogen) atoms. The van der Waals surface area contributed by atoms with Crippen LogP contribution in [-0.2, 0) is 0 Å². The largest absolute Gasteiger partial charge is 0.490 e. The third kappa shape index (κ3) is 4.47. The molecule has 0 fully saturated rings. The van der Waals surface area contributed by atoms with Crippen molar-refractivity contribution in [1.82, 2.24) is 0 Å². The SMILES string of the molecule is CCOc1ccc(OCCO)c(OCC)c1OCCO. The molecule has 6 heteroatoms. The van der Waals surface area contributed by atoms with Crippen molar-refractivity contribution >= 4 is 0 Å². The van der Waals surface area contributed by atoms with Crippen LogP contribution in [0, 0.1) is 0 Å². The molecule has 2 N–H and O–H groups in total. The number of rotatable bonds is 10. The topological polar surface area (TPSA) is 77.4 Å². The highest BCUT2D eigenvalue weighted by Crippen LogP contribution is 2.44. The number of aliphatic hydroxyl groups excluding tert-OH is 2. The molecule has 0 unspecified atom stereocenters. The molecule has 0 radical (unpaired) electrons. The first-order valence-electron chi connectivity index (χ1n) is 6.68. The Kier molecular flexibility index (Phi) is 7.60. The van der Waals surface area contributed by atoms with E-state index in [0.717, 1.165) is 0 Å². The zero-order valence-corrected chi connectivity index (χ0v) is 11.9. The van der Waals surface area contributed by atoms with Crippen molar-refractivity contribution in [3.05, 3.63) is 12.1 Å². The third-order valence-electron chi connectivity index (χ3n) is 2.31. The van der Waals surface area contributed by atoms with E-state index in [4.69, 9.17) is 29.2 Å². The van der Waals surface area contributed by atoms with E-state index in [0.29, 0.717) is 36.2 Å². The summed E-state index contributed by atoms with van der Waals surface area (Å²) in [5.74, 6) is 1.82. The molecule has 1 aromatic carbocycles. The number of hydrogen-bond donors (Lipinski definition) is 2. The van der Waals surface area contributed by atoms with E-state index in [1.165, 1.54) is 0 Å². The molecule has 0 aliphatic heterocycles. The van der Waals surface area contributed by atoms with Crippen LogP contribution in [0.5, 0.6) is 23.0 Å². The molecule has 0 aliphatic rings. The van der Waals surface area contributed by atoms with E-state index in [2.05, 4.69) is 0 Å². The van der Waals surface area contributed by atoms with Crippen LogP contribution in [0.3, 0.4) is 0 Å². The molecule has 0 atom stereocenters. The van der Waals surface area contributed by atoms with E-state index < -0.39 is 0 Å². The second kappa shape index (κ2) is 9.28. The van der Waals surface area contributed by atoms with E-state index >= 15 is 0 Å². The Bertz CT molecular complexity index is 393. The monoisotopic (exact) mass is 286 g/mol. The second-order valence-electron chi connectivity index (χ2n) is 3.73. The smallest absolute Gasteiger partial charge is 0.207 e. The van der Waals surface area contributed by atoms with Crippen LogP contribution in [0.2, 0.25) is 0 Å². The van der Waals surface area contributed by atoms with Crippen LogP contribution in [0.4, 0.5) is 0 Å². The van der Waals surface area contributed by atoms with E-state index in [9.17, 15) is 0 Å². The van der Waals surface area contributed by atoms with E-state index in [1.807, 2.05) is 13.8 Å². The fourth-order valence-electron chi connectivity index (χ4n) is 1.63. The number of benzene rings is 1. The number of hydrogen-bond acceptors (Lipinski definition) is 6. The van der Waals surface area contributed by atoms with Crippen molar-refractivity contribution in [2.24, 2.45) is 0 Å². The normalized spacial score (nSPS) is 10.2. The summed E-state index contributed by atoms with van der Waals surface area (Å²) in [5.41, 5.74) is 0. The first-order valence-corrected chi connectivity index (χ1v) is 6.68. The van der Waals surface area contributed by atoms with Crippen LogP contribution in [-0.4, -0.2) is 49.9 Å². The Morgan fingerprint density at radius 2 is 1.25 bits per heavy atom. The minimum absolute atomic E-state index is 0.0917. The zero-order valence-electron chi connectivity index (χ0n) is 11.9. The van der Waals surface area contributed by atoms with Crippen molar-refractivity contribution in [1.29, 1.82) is 0 Å². The van der Waals surface area contributed by atoms with Gasteiger partial charge in [0.15, 0.2) is 11.5 Å². The highest BCUT2D eigenvalue weighted by Gasteiger charge is 2.18. The maximum absolute atomic E-state index is 8.91. The highest BCUT2D eigenvalue weighted by atomic mass is 16.6. The molecule has 0 saturated carbocycles. The predicted molar refractivity (Wildman–Crippen MR) is 73.9 cm³/mol. The summed E-state index contributed by atoms with van der Waals surface area (Å²) in [7, 11) is 0. The Labute approximate surface area is 118 Å². The van der Waals surface area contributed by atoms with Crippen LogP contribution in [0.1, 0.15) is 13.8 Å². The molecular formula is C14H22O6. The fourth-order valence-corrected chi connectivity index (χ4v) is 1.63. The summed E-state index contributed by atoms with van der Waals surface area (Å²) in [6.45, 7) is 4.71. The minimum atomic E-state index is -0.112. The van der Waals surface area contributed by atoms with Gasteiger partial charge in [-0.3, -0.25) is 0 Å². The molecule has 114 valence electrons. The van der Waals surface area contributed by atoms with Crippen LogP contribution >= 0.6 is 0 Å². The average molecular weight is 286 g/mol. The first kappa shape index (κ1) is 16.4. The predicted octanol–water partition coefficient (Wildman–Crippen LogP) is 1.23. The molecular weight excluding hydrogens is 264 g/mol. The van der Waals surface area contributed by atoms with Gasteiger partial charge < -0.3 is 29.2 Å². The molecule has 0 saturated heterocycles. The van der Waals surface area contributed by atoms with Crippen molar-refractivity contribution in [3.8, 4) is 23.0 Å². The summed E-state index contributed by atoms with van der Waals surface area (Å²) < 4.78 is 22.0. The Morgan fingerprint density at radius 1 is 0.750 bits per heavy atom. The van der Waals surface area contributed by atoms with Gasteiger partial charge in [0, 0.05) is 0 Å². The summed E-state index contributed by atoms with van der Waals surface area (Å²) in [5, 5.41) is 17.8. The Hall–Kier alpha value is -1.66. The number of ether oxygens (including phenoxy) is 4. The second-order valence-corrected chi connectivity index (χ2v) is 3.73. The van der Waals surface area contributed by atoms with Crippen molar-refractivity contribution in [2.75, 3.05) is 39.6 Å². The molecule has 0 amide bonds. The van der Waals surface area contributed by atoms with Crippen LogP contribution in [0.25, 0.3) is 0 Å². The summed E-state index contributed by atoms with van der Waals surface area (Å²) >= 11 is 0. The maximum Gasteiger partial charge on any atom is 0.207 e. The molecule has 0 bridgehead atoms. The molecule has 0 heterocycles. The van der Waals surface area contributed by atoms with Gasteiger partial charge in [0.1, 0.15) is 13.2 Å². The van der Waals surface area contributed by atoms with Gasteiger partial charge in [-0.05, 0) is 26.0 Å². The van der Waals surface area contributed by atoms with Gasteiger partial charge in [0.25, 0.3) is 0 Å². The fraction of sp³-hybridized carbons (Fsp3) is 0.571. The van der Waals surface area contributed by atoms with E-state index in [-0.39, 0.29) is 26.4 Å². The molecule has 1 aromatic rings. The number of aliphatic hydroxyl groups is 2. The van der Waals surface area contributed by atoms with Gasteiger partial charge in [-0.2, -0.15) is 0 Å². The van der Waals surface area contributed by atoms with Gasteiger partial charge in [0.2, 0.25) is 11.5 Å². The molecule has 0 aromatic heterocycles. The minimum Gasteiger partial charge on any atom is -0.490 e. The molecule has 6 nitrogen and oxygen atoms in total. The van der Waals surface area contributed by atoms with Crippen molar-refractivity contribution in [2.45, 2.75) is 13.8 Å². The van der Waals surface area contributed by atoms with Gasteiger partial charge in [-0.25, -0.2) is 0 Å². The van der Waals surface area contributed by atoms with Gasteiger partial charge >= 0.3 is 0 Å². The zero-order chi connectivity index (χ0) is 14.8. The molecule has 0 spiro atoms. The lowest BCUT2D eigenvalue weighted by molar-refractivity contribution is 0.176. The molecule has 1 rings (SSSR count). The lowest BCUT2D eigenvalue weighted by atomic mass is 10.2. The highest BCUT2D eigenvalue weighted by molar-refractivity contribution is 5.59. The van der Waals surface area contributed by atoms with Gasteiger partial charge in [-0.1, -0.05) is 0 Å². The van der Waals surface area contributed by atoms with Crippen LogP contribution in [0.15, 0.2) is 12.1 Å². The summed E-state index contributed by atoms with van der Waals surface area (Å²) in [4.78, 5) is 0. The lowest BCUT2D eigenvalue weighted by Crippen LogP contribution is -2.09. The third-order valence-corrected chi connectivity index (χ3v) is 2.31.